The van der Waals surface area contributed by atoms with Crippen molar-refractivity contribution in [2.75, 3.05) is 0 Å². The number of rotatable bonds is 2. The van der Waals surface area contributed by atoms with Crippen molar-refractivity contribution in [1.82, 2.24) is 0 Å². The van der Waals surface area contributed by atoms with Crippen molar-refractivity contribution in [2.24, 2.45) is 5.73 Å². The van der Waals surface area contributed by atoms with Gasteiger partial charge in [0.2, 0.25) is 0 Å². The Morgan fingerprint density at radius 3 is 2.53 bits per heavy atom. The first kappa shape index (κ1) is 11.8. The second kappa shape index (κ2) is 4.10. The third kappa shape index (κ3) is 3.13. The highest BCUT2D eigenvalue weighted by molar-refractivity contribution is 5.36. The molecule has 0 amide bonds. The van der Waals surface area contributed by atoms with Crippen molar-refractivity contribution in [2.45, 2.75) is 25.6 Å². The molecule has 0 heterocycles. The Hall–Kier alpha value is -1.23. The molecular weight excluding hydrogens is 207 g/mol. The molecular formula is C10H12F3NO. The maximum atomic E-state index is 12.2. The monoisotopic (exact) mass is 219 g/mol. The molecule has 15 heavy (non-hydrogen) atoms. The van der Waals surface area contributed by atoms with Gasteiger partial charge in [-0.2, -0.15) is 13.2 Å². The SMILES string of the molecule is Cc1ccc(O)c(CC(N)C(F)(F)F)c1. The van der Waals surface area contributed by atoms with Crippen molar-refractivity contribution in [3.63, 3.8) is 0 Å². The zero-order valence-corrected chi connectivity index (χ0v) is 8.17. The van der Waals surface area contributed by atoms with E-state index in [1.165, 1.54) is 12.1 Å². The lowest BCUT2D eigenvalue weighted by atomic mass is 10.0. The summed E-state index contributed by atoms with van der Waals surface area (Å²) >= 11 is 0. The fourth-order valence-corrected chi connectivity index (χ4v) is 1.23. The molecule has 2 nitrogen and oxygen atoms in total. The molecule has 1 aromatic carbocycles. The van der Waals surface area contributed by atoms with Gasteiger partial charge < -0.3 is 10.8 Å². The predicted octanol–water partition coefficient (Wildman–Crippen LogP) is 2.13. The third-order valence-electron chi connectivity index (χ3n) is 2.10. The quantitative estimate of drug-likeness (QED) is 0.800. The first-order valence-electron chi connectivity index (χ1n) is 4.41. The van der Waals surface area contributed by atoms with Crippen LogP contribution in [0, 0.1) is 6.92 Å². The van der Waals surface area contributed by atoms with E-state index in [9.17, 15) is 18.3 Å². The Morgan fingerprint density at radius 1 is 1.40 bits per heavy atom. The molecule has 1 rings (SSSR count). The van der Waals surface area contributed by atoms with Crippen LogP contribution < -0.4 is 5.73 Å². The van der Waals surface area contributed by atoms with E-state index >= 15 is 0 Å². The topological polar surface area (TPSA) is 46.2 Å². The van der Waals surface area contributed by atoms with Crippen molar-refractivity contribution in [3.8, 4) is 5.75 Å². The fourth-order valence-electron chi connectivity index (χ4n) is 1.23. The largest absolute Gasteiger partial charge is 0.508 e. The highest BCUT2D eigenvalue weighted by Gasteiger charge is 2.36. The van der Waals surface area contributed by atoms with Gasteiger partial charge in [0.1, 0.15) is 11.8 Å². The van der Waals surface area contributed by atoms with Gasteiger partial charge in [0, 0.05) is 0 Å². The molecule has 1 aromatic rings. The molecule has 1 atom stereocenters. The zero-order chi connectivity index (χ0) is 11.6. The van der Waals surface area contributed by atoms with E-state index in [1.54, 1.807) is 13.0 Å². The summed E-state index contributed by atoms with van der Waals surface area (Å²) in [4.78, 5) is 0. The lowest BCUT2D eigenvalue weighted by molar-refractivity contribution is -0.147. The van der Waals surface area contributed by atoms with Gasteiger partial charge in [0.15, 0.2) is 0 Å². The van der Waals surface area contributed by atoms with Crippen molar-refractivity contribution in [3.05, 3.63) is 29.3 Å². The summed E-state index contributed by atoms with van der Waals surface area (Å²) in [5, 5.41) is 9.33. The summed E-state index contributed by atoms with van der Waals surface area (Å²) in [6.45, 7) is 1.74. The highest BCUT2D eigenvalue weighted by Crippen LogP contribution is 2.25. The van der Waals surface area contributed by atoms with E-state index in [0.29, 0.717) is 0 Å². The first-order chi connectivity index (χ1) is 6.80. The Morgan fingerprint density at radius 2 is 2.00 bits per heavy atom. The second-order valence-electron chi connectivity index (χ2n) is 3.48. The predicted molar refractivity (Wildman–Crippen MR) is 50.6 cm³/mol. The normalized spacial score (nSPS) is 13.9. The van der Waals surface area contributed by atoms with Crippen LogP contribution >= 0.6 is 0 Å². The molecule has 0 radical (unpaired) electrons. The molecule has 84 valence electrons. The van der Waals surface area contributed by atoms with E-state index in [4.69, 9.17) is 5.73 Å². The average molecular weight is 219 g/mol. The summed E-state index contributed by atoms with van der Waals surface area (Å²) in [7, 11) is 0. The number of nitrogens with two attached hydrogens (primary N) is 1. The van der Waals surface area contributed by atoms with Crippen LogP contribution in [0.3, 0.4) is 0 Å². The van der Waals surface area contributed by atoms with Crippen LogP contribution in [0.4, 0.5) is 13.2 Å². The average Bonchev–Trinajstić information content (AvgIpc) is 2.09. The van der Waals surface area contributed by atoms with Gasteiger partial charge in [-0.1, -0.05) is 17.7 Å². The van der Waals surface area contributed by atoms with Gasteiger partial charge >= 0.3 is 6.18 Å². The Bertz CT molecular complexity index is 349. The lowest BCUT2D eigenvalue weighted by Gasteiger charge is -2.16. The molecule has 0 aromatic heterocycles. The Kier molecular flexibility index (Phi) is 3.24. The Balaban J connectivity index is 2.85. The van der Waals surface area contributed by atoms with Gasteiger partial charge in [0.05, 0.1) is 0 Å². The number of aryl methyl sites for hydroxylation is 1. The van der Waals surface area contributed by atoms with Crippen LogP contribution in [-0.2, 0) is 6.42 Å². The van der Waals surface area contributed by atoms with E-state index in [0.717, 1.165) is 5.56 Å². The molecule has 5 heteroatoms. The van der Waals surface area contributed by atoms with Gasteiger partial charge in [-0.3, -0.25) is 0 Å². The zero-order valence-electron chi connectivity index (χ0n) is 8.17. The Labute approximate surface area is 85.5 Å². The minimum Gasteiger partial charge on any atom is -0.508 e. The minimum absolute atomic E-state index is 0.152. The highest BCUT2D eigenvalue weighted by atomic mass is 19.4. The van der Waals surface area contributed by atoms with Crippen LogP contribution in [0.2, 0.25) is 0 Å². The molecule has 0 aliphatic carbocycles. The molecule has 0 bridgehead atoms. The summed E-state index contributed by atoms with van der Waals surface area (Å²) in [6.07, 6.45) is -4.84. The molecule has 0 spiro atoms. The standard InChI is InChI=1S/C10H12F3NO/c1-6-2-3-8(15)7(4-6)5-9(14)10(11,12)13/h2-4,9,15H,5,14H2,1H3. The van der Waals surface area contributed by atoms with Crippen LogP contribution in [-0.4, -0.2) is 17.3 Å². The van der Waals surface area contributed by atoms with E-state index < -0.39 is 18.6 Å². The van der Waals surface area contributed by atoms with Crippen molar-refractivity contribution < 1.29 is 18.3 Å². The molecule has 0 fully saturated rings. The maximum absolute atomic E-state index is 12.2. The van der Waals surface area contributed by atoms with Gasteiger partial charge in [0.25, 0.3) is 0 Å². The molecule has 1 unspecified atom stereocenters. The molecule has 0 saturated carbocycles. The maximum Gasteiger partial charge on any atom is 0.403 e. The number of phenols is 1. The molecule has 0 aliphatic rings. The van der Waals surface area contributed by atoms with E-state index in [1.807, 2.05) is 0 Å². The number of benzene rings is 1. The smallest absolute Gasteiger partial charge is 0.403 e. The number of alkyl halides is 3. The number of hydrogen-bond acceptors (Lipinski definition) is 2. The van der Waals surface area contributed by atoms with Gasteiger partial charge in [-0.15, -0.1) is 0 Å². The van der Waals surface area contributed by atoms with Crippen LogP contribution in [0.1, 0.15) is 11.1 Å². The minimum atomic E-state index is -4.43. The van der Waals surface area contributed by atoms with Crippen molar-refractivity contribution >= 4 is 0 Å². The molecule has 3 N–H and O–H groups in total. The van der Waals surface area contributed by atoms with Crippen LogP contribution in [0.5, 0.6) is 5.75 Å². The van der Waals surface area contributed by atoms with Crippen LogP contribution in [0.15, 0.2) is 18.2 Å². The summed E-state index contributed by atoms with van der Waals surface area (Å²) in [6, 6.07) is 2.55. The van der Waals surface area contributed by atoms with Gasteiger partial charge in [-0.25, -0.2) is 0 Å². The fraction of sp³-hybridized carbons (Fsp3) is 0.400. The number of hydrogen-bond donors (Lipinski definition) is 2. The molecule has 0 saturated heterocycles. The molecule has 0 aliphatic heterocycles. The van der Waals surface area contributed by atoms with Crippen molar-refractivity contribution in [1.29, 1.82) is 0 Å². The van der Waals surface area contributed by atoms with E-state index in [-0.39, 0.29) is 11.3 Å². The van der Waals surface area contributed by atoms with Crippen LogP contribution in [0.25, 0.3) is 0 Å². The number of aromatic hydroxyl groups is 1. The lowest BCUT2D eigenvalue weighted by Crippen LogP contribution is -2.39. The summed E-state index contributed by atoms with van der Waals surface area (Å²) in [5.74, 6) is -0.152. The second-order valence-corrected chi connectivity index (χ2v) is 3.48. The summed E-state index contributed by atoms with van der Waals surface area (Å²) in [5.41, 5.74) is 5.98. The third-order valence-corrected chi connectivity index (χ3v) is 2.10. The number of phenolic OH excluding ortho intramolecular Hbond substituents is 1. The van der Waals surface area contributed by atoms with E-state index in [2.05, 4.69) is 0 Å². The first-order valence-corrected chi connectivity index (χ1v) is 4.41. The summed E-state index contributed by atoms with van der Waals surface area (Å²) < 4.78 is 36.5. The van der Waals surface area contributed by atoms with Gasteiger partial charge in [-0.05, 0) is 25.0 Å². The number of halogens is 3.